The van der Waals surface area contributed by atoms with E-state index in [0.29, 0.717) is 6.61 Å². The van der Waals surface area contributed by atoms with Crippen LogP contribution in [0.15, 0.2) is 54.6 Å². The Morgan fingerprint density at radius 2 is 1.80 bits per heavy atom. The van der Waals surface area contributed by atoms with Gasteiger partial charge in [-0.25, -0.2) is 4.79 Å². The number of carbonyl (C=O) groups excluding carboxylic acids is 1. The predicted molar refractivity (Wildman–Crippen MR) is 122 cm³/mol. The van der Waals surface area contributed by atoms with E-state index in [-0.39, 0.29) is 33.8 Å². The van der Waals surface area contributed by atoms with E-state index in [2.05, 4.69) is 44.0 Å². The predicted octanol–water partition coefficient (Wildman–Crippen LogP) is 5.67. The minimum absolute atomic E-state index is 0.117. The molecule has 3 atom stereocenters. The normalized spacial score (nSPS) is 26.3. The first kappa shape index (κ1) is 21.7. The molecular weight excluding hydrogens is 514 g/mol. The topological polar surface area (TPSA) is 48.0 Å². The number of nitrogens with zero attached hydrogens (tertiary/aromatic N) is 1. The van der Waals surface area contributed by atoms with Crippen molar-refractivity contribution in [3.05, 3.63) is 65.7 Å². The van der Waals surface area contributed by atoms with Crippen molar-refractivity contribution in [2.24, 2.45) is 5.92 Å². The van der Waals surface area contributed by atoms with E-state index in [9.17, 15) is 4.79 Å². The van der Waals surface area contributed by atoms with Crippen molar-refractivity contribution in [2.45, 2.75) is 41.4 Å². The van der Waals surface area contributed by atoms with Gasteiger partial charge in [0, 0.05) is 11.8 Å². The van der Waals surface area contributed by atoms with Gasteiger partial charge in [0.1, 0.15) is 18.1 Å². The van der Waals surface area contributed by atoms with Crippen LogP contribution in [0.25, 0.3) is 0 Å². The van der Waals surface area contributed by atoms with Crippen LogP contribution in [0.4, 0.5) is 4.79 Å². The minimum atomic E-state index is -0.735. The van der Waals surface area contributed by atoms with Crippen molar-refractivity contribution >= 4 is 38.0 Å². The zero-order chi connectivity index (χ0) is 21.5. The Morgan fingerprint density at radius 1 is 1.13 bits per heavy atom. The zero-order valence-corrected chi connectivity index (χ0v) is 20.4. The number of rotatable bonds is 5. The van der Waals surface area contributed by atoms with Crippen LogP contribution < -0.4 is 4.74 Å². The van der Waals surface area contributed by atoms with Gasteiger partial charge < -0.3 is 14.2 Å². The number of hydrogen-bond acceptors (Lipinski definition) is 4. The number of carbonyl (C=O) groups is 1. The highest BCUT2D eigenvalue weighted by Gasteiger charge is 2.69. The molecule has 7 heteroatoms. The molecule has 1 heterocycles. The number of alkyl halides is 2. The average molecular weight is 539 g/mol. The fourth-order valence-electron chi connectivity index (χ4n) is 4.31. The first-order chi connectivity index (χ1) is 14.3. The van der Waals surface area contributed by atoms with E-state index < -0.39 is 5.72 Å². The zero-order valence-electron chi connectivity index (χ0n) is 17.2. The molecule has 0 aromatic heterocycles. The minimum Gasteiger partial charge on any atom is -0.497 e. The molecule has 1 saturated carbocycles. The Hall–Kier alpha value is -1.57. The van der Waals surface area contributed by atoms with Gasteiger partial charge in [-0.15, -0.1) is 0 Å². The summed E-state index contributed by atoms with van der Waals surface area (Å²) in [5, 5.41) is 0. The fraction of sp³-hybridized carbons (Fsp3) is 0.435. The van der Waals surface area contributed by atoms with E-state index in [1.165, 1.54) is 5.56 Å². The average Bonchev–Trinajstić information content (AvgIpc) is 3.16. The van der Waals surface area contributed by atoms with Gasteiger partial charge in [-0.1, -0.05) is 74.3 Å². The molecule has 2 fully saturated rings. The summed E-state index contributed by atoms with van der Waals surface area (Å²) >= 11 is 7.68. The van der Waals surface area contributed by atoms with Crippen molar-refractivity contribution in [2.75, 3.05) is 13.7 Å². The lowest BCUT2D eigenvalue weighted by Crippen LogP contribution is -2.49. The molecule has 0 radical (unpaired) electrons. The summed E-state index contributed by atoms with van der Waals surface area (Å²) in [6.45, 7) is 4.51. The standard InChI is InChI=1S/C23H25Br2NO4/c1-22(2)26(21(27)29-13-15-7-5-4-6-8-15)18(14-30-22)20-19(23(20,24)25)16-9-11-17(28-3)12-10-16/h4-12,18-20H,13-14H2,1-3H3/t18-,19+,20+/m0/s1. The van der Waals surface area contributed by atoms with Gasteiger partial charge >= 0.3 is 6.09 Å². The molecule has 4 rings (SSSR count). The second kappa shape index (κ2) is 8.17. The van der Waals surface area contributed by atoms with Gasteiger partial charge in [-0.05, 0) is 37.1 Å². The smallest absolute Gasteiger partial charge is 0.412 e. The van der Waals surface area contributed by atoms with E-state index in [4.69, 9.17) is 14.2 Å². The summed E-state index contributed by atoms with van der Waals surface area (Å²) < 4.78 is 16.6. The van der Waals surface area contributed by atoms with Crippen LogP contribution in [-0.4, -0.2) is 39.7 Å². The third kappa shape index (κ3) is 3.99. The van der Waals surface area contributed by atoms with Crippen molar-refractivity contribution < 1.29 is 19.0 Å². The van der Waals surface area contributed by atoms with Crippen LogP contribution in [0.3, 0.4) is 0 Å². The van der Waals surface area contributed by atoms with Crippen LogP contribution in [0, 0.1) is 5.92 Å². The Labute approximate surface area is 193 Å². The molecule has 1 aliphatic carbocycles. The van der Waals surface area contributed by atoms with Crippen molar-refractivity contribution in [1.82, 2.24) is 4.90 Å². The van der Waals surface area contributed by atoms with Crippen molar-refractivity contribution in [3.8, 4) is 5.75 Å². The highest BCUT2D eigenvalue weighted by atomic mass is 79.9. The molecule has 0 unspecified atom stereocenters. The number of benzene rings is 2. The largest absolute Gasteiger partial charge is 0.497 e. The second-order valence-corrected chi connectivity index (χ2v) is 11.9. The lowest BCUT2D eigenvalue weighted by Gasteiger charge is -2.33. The second-order valence-electron chi connectivity index (χ2n) is 8.19. The first-order valence-electron chi connectivity index (χ1n) is 9.91. The molecule has 0 spiro atoms. The maximum Gasteiger partial charge on any atom is 0.412 e. The van der Waals surface area contributed by atoms with Crippen LogP contribution in [0.2, 0.25) is 0 Å². The van der Waals surface area contributed by atoms with Crippen LogP contribution in [0.1, 0.15) is 30.9 Å². The highest BCUT2D eigenvalue weighted by molar-refractivity contribution is 9.25. The van der Waals surface area contributed by atoms with E-state index in [0.717, 1.165) is 11.3 Å². The fourth-order valence-corrected chi connectivity index (χ4v) is 6.28. The summed E-state index contributed by atoms with van der Waals surface area (Å²) in [5.74, 6) is 1.15. The molecule has 0 N–H and O–H groups in total. The molecule has 160 valence electrons. The quantitative estimate of drug-likeness (QED) is 0.460. The Bertz CT molecular complexity index is 901. The molecule has 2 aromatic carbocycles. The molecular formula is C23H25Br2NO4. The SMILES string of the molecule is COc1ccc([C@@H]2[C@@H]([C@@H]3COC(C)(C)N3C(=O)OCc3ccccc3)C2(Br)Br)cc1. The van der Waals surface area contributed by atoms with Crippen molar-refractivity contribution in [1.29, 1.82) is 0 Å². The molecule has 0 bridgehead atoms. The molecule has 1 amide bonds. The number of halogens is 2. The van der Waals surface area contributed by atoms with E-state index in [1.807, 2.05) is 56.3 Å². The van der Waals surface area contributed by atoms with Gasteiger partial charge in [0.2, 0.25) is 0 Å². The molecule has 1 saturated heterocycles. The van der Waals surface area contributed by atoms with Gasteiger partial charge in [0.25, 0.3) is 0 Å². The molecule has 2 aliphatic rings. The Balaban J connectivity index is 1.52. The lowest BCUT2D eigenvalue weighted by atomic mass is 10.0. The lowest BCUT2D eigenvalue weighted by molar-refractivity contribution is -0.0498. The van der Waals surface area contributed by atoms with Crippen LogP contribution in [-0.2, 0) is 16.1 Å². The van der Waals surface area contributed by atoms with Gasteiger partial charge in [-0.3, -0.25) is 4.90 Å². The number of hydrogen-bond donors (Lipinski definition) is 0. The maximum atomic E-state index is 13.1. The summed E-state index contributed by atoms with van der Waals surface area (Å²) in [6, 6.07) is 17.6. The summed E-state index contributed by atoms with van der Waals surface area (Å²) in [7, 11) is 1.66. The third-order valence-corrected chi connectivity index (χ3v) is 7.96. The third-order valence-electron chi connectivity index (χ3n) is 5.92. The molecule has 2 aromatic rings. The van der Waals surface area contributed by atoms with Gasteiger partial charge in [0.15, 0.2) is 0 Å². The van der Waals surface area contributed by atoms with E-state index in [1.54, 1.807) is 12.0 Å². The number of methoxy groups -OCH3 is 1. The monoisotopic (exact) mass is 537 g/mol. The molecule has 30 heavy (non-hydrogen) atoms. The van der Waals surface area contributed by atoms with Gasteiger partial charge in [0.05, 0.1) is 23.0 Å². The van der Waals surface area contributed by atoms with Gasteiger partial charge in [-0.2, -0.15) is 0 Å². The summed E-state index contributed by atoms with van der Waals surface area (Å²) in [5.41, 5.74) is 1.40. The Kier molecular flexibility index (Phi) is 5.90. The number of ether oxygens (including phenoxy) is 3. The molecule has 1 aliphatic heterocycles. The van der Waals surface area contributed by atoms with Crippen LogP contribution in [0.5, 0.6) is 5.75 Å². The maximum absolute atomic E-state index is 13.1. The summed E-state index contributed by atoms with van der Waals surface area (Å²) in [4.78, 5) is 14.8. The highest BCUT2D eigenvalue weighted by Crippen LogP contribution is 2.70. The van der Waals surface area contributed by atoms with Crippen molar-refractivity contribution in [3.63, 3.8) is 0 Å². The van der Waals surface area contributed by atoms with E-state index >= 15 is 0 Å². The Morgan fingerprint density at radius 3 is 2.43 bits per heavy atom. The molecule has 5 nitrogen and oxygen atoms in total. The van der Waals surface area contributed by atoms with Crippen LogP contribution >= 0.6 is 31.9 Å². The number of amides is 1. The summed E-state index contributed by atoms with van der Waals surface area (Å²) in [6.07, 6.45) is -0.359. The first-order valence-corrected chi connectivity index (χ1v) is 11.5.